The molecule has 2 aromatic heterocycles. The second-order valence-corrected chi connectivity index (χ2v) is 9.87. The normalized spacial score (nSPS) is 15.6. The molecule has 2 aliphatic rings. The van der Waals surface area contributed by atoms with Crippen LogP contribution in [0.4, 0.5) is 17.2 Å². The quantitative estimate of drug-likeness (QED) is 0.450. The van der Waals surface area contributed by atoms with E-state index in [4.69, 9.17) is 9.72 Å². The SMILES string of the molecule is CNC(=O)c1cc2cc(N3CCOCC3=O)ccc2c(N2CCCc3cc(-c4cnn(C)c4)c(C)cc32)n1. The first-order valence-corrected chi connectivity index (χ1v) is 12.9. The van der Waals surface area contributed by atoms with Crippen molar-refractivity contribution in [2.24, 2.45) is 7.05 Å². The Bertz CT molecular complexity index is 1580. The molecule has 9 nitrogen and oxygen atoms in total. The Kier molecular flexibility index (Phi) is 6.07. The minimum Gasteiger partial charge on any atom is -0.370 e. The molecule has 6 rings (SSSR count). The Labute approximate surface area is 221 Å². The molecule has 0 bridgehead atoms. The zero-order chi connectivity index (χ0) is 26.4. The number of hydrogen-bond donors (Lipinski definition) is 1. The summed E-state index contributed by atoms with van der Waals surface area (Å²) in [5.74, 6) is 0.429. The lowest BCUT2D eigenvalue weighted by Gasteiger charge is -2.33. The van der Waals surface area contributed by atoms with Gasteiger partial charge >= 0.3 is 0 Å². The summed E-state index contributed by atoms with van der Waals surface area (Å²) in [6, 6.07) is 12.2. The summed E-state index contributed by atoms with van der Waals surface area (Å²) in [5.41, 5.74) is 6.92. The van der Waals surface area contributed by atoms with Gasteiger partial charge in [0.15, 0.2) is 0 Å². The lowest BCUT2D eigenvalue weighted by molar-refractivity contribution is -0.125. The monoisotopic (exact) mass is 510 g/mol. The maximum absolute atomic E-state index is 12.8. The number of aromatic nitrogens is 3. The van der Waals surface area contributed by atoms with E-state index in [9.17, 15) is 9.59 Å². The van der Waals surface area contributed by atoms with Crippen LogP contribution in [-0.4, -0.2) is 59.9 Å². The lowest BCUT2D eigenvalue weighted by Crippen LogP contribution is -2.41. The van der Waals surface area contributed by atoms with E-state index in [1.807, 2.05) is 42.3 Å². The number of nitrogens with zero attached hydrogens (tertiary/aromatic N) is 5. The van der Waals surface area contributed by atoms with Crippen molar-refractivity contribution in [3.63, 3.8) is 0 Å². The van der Waals surface area contributed by atoms with Gasteiger partial charge < -0.3 is 19.9 Å². The van der Waals surface area contributed by atoms with Gasteiger partial charge in [-0.1, -0.05) is 0 Å². The highest BCUT2D eigenvalue weighted by molar-refractivity contribution is 6.04. The number of pyridine rings is 1. The van der Waals surface area contributed by atoms with Crippen LogP contribution >= 0.6 is 0 Å². The van der Waals surface area contributed by atoms with E-state index in [1.54, 1.807) is 18.0 Å². The number of hydrogen-bond acceptors (Lipinski definition) is 6. The van der Waals surface area contributed by atoms with Crippen LogP contribution in [0.3, 0.4) is 0 Å². The molecule has 0 unspecified atom stereocenters. The van der Waals surface area contributed by atoms with Crippen LogP contribution in [0.25, 0.3) is 21.9 Å². The Morgan fingerprint density at radius 1 is 1.11 bits per heavy atom. The summed E-state index contributed by atoms with van der Waals surface area (Å²) < 4.78 is 7.12. The van der Waals surface area contributed by atoms with Crippen molar-refractivity contribution in [2.45, 2.75) is 19.8 Å². The molecule has 0 saturated carbocycles. The minimum atomic E-state index is -0.249. The van der Waals surface area contributed by atoms with Gasteiger partial charge in [-0.15, -0.1) is 0 Å². The van der Waals surface area contributed by atoms with Crippen LogP contribution in [0.2, 0.25) is 0 Å². The molecule has 194 valence electrons. The zero-order valence-electron chi connectivity index (χ0n) is 21.8. The highest BCUT2D eigenvalue weighted by atomic mass is 16.5. The number of anilines is 3. The molecule has 4 heterocycles. The molecule has 2 amide bonds. The van der Waals surface area contributed by atoms with E-state index >= 15 is 0 Å². The van der Waals surface area contributed by atoms with E-state index in [1.165, 1.54) is 11.1 Å². The van der Waals surface area contributed by atoms with E-state index in [0.717, 1.165) is 58.5 Å². The average molecular weight is 511 g/mol. The Morgan fingerprint density at radius 3 is 2.74 bits per heavy atom. The molecule has 2 aliphatic heterocycles. The number of benzene rings is 2. The van der Waals surface area contributed by atoms with Crippen LogP contribution in [0.1, 0.15) is 28.0 Å². The van der Waals surface area contributed by atoms with Crippen LogP contribution < -0.4 is 15.1 Å². The van der Waals surface area contributed by atoms with E-state index in [0.29, 0.717) is 18.8 Å². The molecular weight excluding hydrogens is 480 g/mol. The molecule has 0 atom stereocenters. The van der Waals surface area contributed by atoms with Crippen LogP contribution in [0.5, 0.6) is 0 Å². The molecule has 1 saturated heterocycles. The fraction of sp³-hybridized carbons (Fsp3) is 0.310. The van der Waals surface area contributed by atoms with Gasteiger partial charge in [0, 0.05) is 55.7 Å². The zero-order valence-corrected chi connectivity index (χ0v) is 21.8. The van der Waals surface area contributed by atoms with E-state index < -0.39 is 0 Å². The highest BCUT2D eigenvalue weighted by Gasteiger charge is 2.26. The summed E-state index contributed by atoms with van der Waals surface area (Å²) >= 11 is 0. The number of ether oxygens (including phenoxy) is 1. The third kappa shape index (κ3) is 4.18. The molecule has 2 aromatic carbocycles. The number of carbonyl (C=O) groups is 2. The van der Waals surface area contributed by atoms with Crippen molar-refractivity contribution in [3.8, 4) is 11.1 Å². The van der Waals surface area contributed by atoms with Gasteiger partial charge in [-0.2, -0.15) is 5.10 Å². The third-order valence-corrected chi connectivity index (χ3v) is 7.37. The van der Waals surface area contributed by atoms with Gasteiger partial charge in [0.25, 0.3) is 11.8 Å². The number of nitrogens with one attached hydrogen (secondary N) is 1. The van der Waals surface area contributed by atoms with Gasteiger partial charge in [-0.05, 0) is 78.2 Å². The maximum Gasteiger partial charge on any atom is 0.269 e. The van der Waals surface area contributed by atoms with E-state index in [2.05, 4.69) is 34.4 Å². The third-order valence-electron chi connectivity index (χ3n) is 7.37. The number of amides is 2. The molecule has 0 radical (unpaired) electrons. The predicted octanol–water partition coefficient (Wildman–Crippen LogP) is 3.75. The van der Waals surface area contributed by atoms with Crippen LogP contribution in [0, 0.1) is 6.92 Å². The smallest absolute Gasteiger partial charge is 0.269 e. The van der Waals surface area contributed by atoms with Gasteiger partial charge in [-0.25, -0.2) is 4.98 Å². The first-order chi connectivity index (χ1) is 18.4. The second-order valence-electron chi connectivity index (χ2n) is 9.87. The van der Waals surface area contributed by atoms with Crippen molar-refractivity contribution < 1.29 is 14.3 Å². The molecule has 1 N–H and O–H groups in total. The predicted molar refractivity (Wildman–Crippen MR) is 147 cm³/mol. The van der Waals surface area contributed by atoms with Crippen molar-refractivity contribution in [1.82, 2.24) is 20.1 Å². The Morgan fingerprint density at radius 2 is 1.97 bits per heavy atom. The first-order valence-electron chi connectivity index (χ1n) is 12.9. The molecule has 0 aliphatic carbocycles. The summed E-state index contributed by atoms with van der Waals surface area (Å²) in [6.07, 6.45) is 5.87. The highest BCUT2D eigenvalue weighted by Crippen LogP contribution is 2.40. The van der Waals surface area contributed by atoms with Crippen LogP contribution in [-0.2, 0) is 23.0 Å². The van der Waals surface area contributed by atoms with Gasteiger partial charge in [0.05, 0.1) is 12.8 Å². The van der Waals surface area contributed by atoms with Crippen LogP contribution in [0.15, 0.2) is 48.8 Å². The molecular formula is C29H30N6O3. The fourth-order valence-corrected chi connectivity index (χ4v) is 5.46. The number of aryl methyl sites for hydroxylation is 3. The number of morpholine rings is 1. The lowest BCUT2D eigenvalue weighted by atomic mass is 9.93. The standard InChI is InChI=1S/C29H30N6O3/c1-18-11-26-19(13-24(18)21-15-31-33(3)16-21)5-4-8-35(26)28-23-7-6-22(34-9-10-38-17-27(34)36)12-20(23)14-25(32-28)29(37)30-2/h6-7,11-16H,4-5,8-10,17H2,1-3H3,(H,30,37). The maximum atomic E-state index is 12.8. The number of carbonyl (C=O) groups excluding carboxylic acids is 2. The second kappa shape index (κ2) is 9.57. The fourth-order valence-electron chi connectivity index (χ4n) is 5.46. The van der Waals surface area contributed by atoms with Gasteiger partial charge in [0.1, 0.15) is 18.1 Å². The average Bonchev–Trinajstić information content (AvgIpc) is 3.37. The first kappa shape index (κ1) is 24.1. The molecule has 1 fully saturated rings. The molecule has 9 heteroatoms. The summed E-state index contributed by atoms with van der Waals surface area (Å²) in [5, 5.41) is 8.85. The minimum absolute atomic E-state index is 0.0683. The van der Waals surface area contributed by atoms with E-state index in [-0.39, 0.29) is 18.4 Å². The van der Waals surface area contributed by atoms with Gasteiger partial charge in [0.2, 0.25) is 0 Å². The summed E-state index contributed by atoms with van der Waals surface area (Å²) in [4.78, 5) is 34.1. The Balaban J connectivity index is 1.49. The van der Waals surface area contributed by atoms with Gasteiger partial charge in [-0.3, -0.25) is 14.3 Å². The van der Waals surface area contributed by atoms with Crippen molar-refractivity contribution >= 4 is 39.8 Å². The molecule has 0 spiro atoms. The Hall–Kier alpha value is -4.24. The van der Waals surface area contributed by atoms with Crippen molar-refractivity contribution in [3.05, 3.63) is 65.6 Å². The van der Waals surface area contributed by atoms with Crippen molar-refractivity contribution in [1.29, 1.82) is 0 Å². The molecule has 38 heavy (non-hydrogen) atoms. The molecule has 4 aromatic rings. The van der Waals surface area contributed by atoms with Crippen molar-refractivity contribution in [2.75, 3.05) is 43.2 Å². The summed E-state index contributed by atoms with van der Waals surface area (Å²) in [6.45, 7) is 3.99. The topological polar surface area (TPSA) is 92.6 Å². The summed E-state index contributed by atoms with van der Waals surface area (Å²) in [7, 11) is 3.53. The number of fused-ring (bicyclic) bond motifs is 2. The largest absolute Gasteiger partial charge is 0.370 e. The number of rotatable bonds is 4.